The Hall–Kier alpha value is -1.78. The number of hydrogen-bond acceptors (Lipinski definition) is 4. The Bertz CT molecular complexity index is 409. The van der Waals surface area contributed by atoms with Crippen molar-refractivity contribution in [3.8, 4) is 0 Å². The van der Waals surface area contributed by atoms with Gasteiger partial charge in [0.05, 0.1) is 13.5 Å². The predicted molar refractivity (Wildman–Crippen MR) is 51.3 cm³/mol. The first-order valence-corrected chi connectivity index (χ1v) is 4.09. The average Bonchev–Trinajstić information content (AvgIpc) is 2.18. The zero-order valence-corrected chi connectivity index (χ0v) is 8.11. The van der Waals surface area contributed by atoms with Crippen LogP contribution in [0.25, 0.3) is 0 Å². The van der Waals surface area contributed by atoms with E-state index in [1.807, 2.05) is 0 Å². The molecule has 1 aromatic rings. The summed E-state index contributed by atoms with van der Waals surface area (Å²) in [7, 11) is 1.28. The van der Waals surface area contributed by atoms with Crippen LogP contribution in [0.2, 0.25) is 0 Å². The average molecular weight is 196 g/mol. The molecular formula is C9H12N2O3. The molecule has 1 heterocycles. The number of pyridine rings is 1. The van der Waals surface area contributed by atoms with Gasteiger partial charge in [-0.15, -0.1) is 0 Å². The number of ether oxygens (including phenoxy) is 1. The maximum atomic E-state index is 11.5. The molecule has 0 bridgehead atoms. The Morgan fingerprint density at radius 1 is 1.64 bits per heavy atom. The summed E-state index contributed by atoms with van der Waals surface area (Å²) in [5, 5.41) is 0. The van der Waals surface area contributed by atoms with Gasteiger partial charge >= 0.3 is 5.97 Å². The van der Waals surface area contributed by atoms with Gasteiger partial charge in [-0.05, 0) is 18.6 Å². The first kappa shape index (κ1) is 10.3. The first-order valence-electron chi connectivity index (χ1n) is 4.09. The largest absolute Gasteiger partial charge is 0.469 e. The second-order valence-corrected chi connectivity index (χ2v) is 2.94. The summed E-state index contributed by atoms with van der Waals surface area (Å²) in [6.45, 7) is 1.75. The molecule has 0 fully saturated rings. The Morgan fingerprint density at radius 2 is 2.29 bits per heavy atom. The van der Waals surface area contributed by atoms with Crippen molar-refractivity contribution in [1.82, 2.24) is 4.68 Å². The Morgan fingerprint density at radius 3 is 2.86 bits per heavy atom. The first-order chi connectivity index (χ1) is 6.56. The van der Waals surface area contributed by atoms with E-state index in [1.54, 1.807) is 13.0 Å². The molecule has 0 radical (unpaired) electrons. The quantitative estimate of drug-likeness (QED) is 0.515. The fourth-order valence-corrected chi connectivity index (χ4v) is 1.12. The molecule has 0 atom stereocenters. The van der Waals surface area contributed by atoms with Gasteiger partial charge in [0, 0.05) is 11.8 Å². The lowest BCUT2D eigenvalue weighted by Gasteiger charge is -2.05. The molecule has 14 heavy (non-hydrogen) atoms. The van der Waals surface area contributed by atoms with E-state index in [1.165, 1.54) is 13.3 Å². The van der Waals surface area contributed by atoms with E-state index in [0.29, 0.717) is 5.56 Å². The summed E-state index contributed by atoms with van der Waals surface area (Å²) in [5.41, 5.74) is 0.749. The maximum absolute atomic E-state index is 11.5. The van der Waals surface area contributed by atoms with Gasteiger partial charge < -0.3 is 10.6 Å². The summed E-state index contributed by atoms with van der Waals surface area (Å²) >= 11 is 0. The van der Waals surface area contributed by atoms with E-state index in [4.69, 9.17) is 5.84 Å². The standard InChI is InChI=1S/C9H12N2O3/c1-6-3-4-11(10)9(13)7(6)5-8(12)14-2/h3-4H,5,10H2,1-2H3. The molecule has 1 aromatic heterocycles. The number of carbonyl (C=O) groups is 1. The lowest BCUT2D eigenvalue weighted by Crippen LogP contribution is -2.31. The highest BCUT2D eigenvalue weighted by molar-refractivity contribution is 5.72. The number of aromatic nitrogens is 1. The number of nitrogens with two attached hydrogens (primary N) is 1. The van der Waals surface area contributed by atoms with Gasteiger partial charge in [-0.1, -0.05) is 0 Å². The van der Waals surface area contributed by atoms with Gasteiger partial charge in [0.2, 0.25) is 0 Å². The molecule has 5 heteroatoms. The minimum absolute atomic E-state index is 0.0425. The fourth-order valence-electron chi connectivity index (χ4n) is 1.12. The van der Waals surface area contributed by atoms with Crippen LogP contribution in [0.1, 0.15) is 11.1 Å². The van der Waals surface area contributed by atoms with Crippen LogP contribution in [0.3, 0.4) is 0 Å². The molecule has 0 aliphatic rings. The molecule has 0 saturated heterocycles. The van der Waals surface area contributed by atoms with E-state index in [9.17, 15) is 9.59 Å². The highest BCUT2D eigenvalue weighted by Gasteiger charge is 2.10. The number of aryl methyl sites for hydroxylation is 1. The number of esters is 1. The monoisotopic (exact) mass is 196 g/mol. The minimum Gasteiger partial charge on any atom is -0.469 e. The lowest BCUT2D eigenvalue weighted by atomic mass is 10.1. The van der Waals surface area contributed by atoms with Crippen molar-refractivity contribution in [2.24, 2.45) is 0 Å². The van der Waals surface area contributed by atoms with Crippen LogP contribution in [0.15, 0.2) is 17.1 Å². The maximum Gasteiger partial charge on any atom is 0.310 e. The molecule has 0 aromatic carbocycles. The third kappa shape index (κ3) is 1.93. The van der Waals surface area contributed by atoms with Gasteiger partial charge in [-0.25, -0.2) is 4.68 Å². The molecule has 0 saturated carbocycles. The summed E-state index contributed by atoms with van der Waals surface area (Å²) in [6, 6.07) is 1.68. The van der Waals surface area contributed by atoms with Crippen molar-refractivity contribution < 1.29 is 9.53 Å². The number of nitrogens with zero attached hydrogens (tertiary/aromatic N) is 1. The number of rotatable bonds is 2. The molecule has 0 amide bonds. The van der Waals surface area contributed by atoms with Gasteiger partial charge in [-0.3, -0.25) is 9.59 Å². The molecule has 0 unspecified atom stereocenters. The van der Waals surface area contributed by atoms with Gasteiger partial charge in [0.15, 0.2) is 0 Å². The number of methoxy groups -OCH3 is 1. The number of carbonyl (C=O) groups excluding carboxylic acids is 1. The molecular weight excluding hydrogens is 184 g/mol. The van der Waals surface area contributed by atoms with Crippen LogP contribution in [0, 0.1) is 6.92 Å². The molecule has 0 spiro atoms. The van der Waals surface area contributed by atoms with Crippen LogP contribution >= 0.6 is 0 Å². The molecule has 2 N–H and O–H groups in total. The Kier molecular flexibility index (Phi) is 2.91. The third-order valence-electron chi connectivity index (χ3n) is 2.00. The van der Waals surface area contributed by atoms with Crippen LogP contribution in [-0.2, 0) is 16.0 Å². The fraction of sp³-hybridized carbons (Fsp3) is 0.333. The van der Waals surface area contributed by atoms with Crippen molar-refractivity contribution >= 4 is 5.97 Å². The van der Waals surface area contributed by atoms with Crippen molar-refractivity contribution in [2.75, 3.05) is 13.0 Å². The van der Waals surface area contributed by atoms with E-state index in [-0.39, 0.29) is 12.0 Å². The van der Waals surface area contributed by atoms with E-state index in [2.05, 4.69) is 4.74 Å². The topological polar surface area (TPSA) is 74.3 Å². The van der Waals surface area contributed by atoms with Crippen LogP contribution in [0.5, 0.6) is 0 Å². The zero-order valence-electron chi connectivity index (χ0n) is 8.11. The van der Waals surface area contributed by atoms with Crippen LogP contribution in [0.4, 0.5) is 0 Å². The Balaban J connectivity index is 3.13. The highest BCUT2D eigenvalue weighted by Crippen LogP contribution is 2.02. The summed E-state index contributed by atoms with van der Waals surface area (Å²) < 4.78 is 5.43. The van der Waals surface area contributed by atoms with E-state index in [0.717, 1.165) is 10.2 Å². The van der Waals surface area contributed by atoms with Crippen LogP contribution in [-0.4, -0.2) is 17.8 Å². The smallest absolute Gasteiger partial charge is 0.310 e. The zero-order chi connectivity index (χ0) is 10.7. The van der Waals surface area contributed by atoms with Crippen molar-refractivity contribution in [3.63, 3.8) is 0 Å². The summed E-state index contributed by atoms with van der Waals surface area (Å²) in [5.74, 6) is 4.91. The third-order valence-corrected chi connectivity index (χ3v) is 2.00. The van der Waals surface area contributed by atoms with Gasteiger partial charge in [0.1, 0.15) is 0 Å². The van der Waals surface area contributed by atoms with Crippen molar-refractivity contribution in [3.05, 3.63) is 33.7 Å². The minimum atomic E-state index is -0.448. The van der Waals surface area contributed by atoms with Crippen molar-refractivity contribution in [1.29, 1.82) is 0 Å². The molecule has 76 valence electrons. The molecule has 5 nitrogen and oxygen atoms in total. The normalized spacial score (nSPS) is 9.86. The van der Waals surface area contributed by atoms with Gasteiger partial charge in [-0.2, -0.15) is 0 Å². The number of hydrogen-bond donors (Lipinski definition) is 1. The highest BCUT2D eigenvalue weighted by atomic mass is 16.5. The summed E-state index contributed by atoms with van der Waals surface area (Å²) in [6.07, 6.45) is 1.41. The predicted octanol–water partition coefficient (Wildman–Crippen LogP) is -0.414. The molecule has 0 aliphatic carbocycles. The van der Waals surface area contributed by atoms with Crippen LogP contribution < -0.4 is 11.4 Å². The Labute approximate surface area is 81.1 Å². The van der Waals surface area contributed by atoms with Gasteiger partial charge in [0.25, 0.3) is 5.56 Å². The second kappa shape index (κ2) is 3.95. The van der Waals surface area contributed by atoms with E-state index < -0.39 is 5.97 Å². The van der Waals surface area contributed by atoms with E-state index >= 15 is 0 Å². The SMILES string of the molecule is COC(=O)Cc1c(C)ccn(N)c1=O. The molecule has 0 aliphatic heterocycles. The molecule has 1 rings (SSSR count). The second-order valence-electron chi connectivity index (χ2n) is 2.94. The lowest BCUT2D eigenvalue weighted by molar-refractivity contribution is -0.139. The number of nitrogen functional groups attached to an aromatic ring is 1. The van der Waals surface area contributed by atoms with Crippen molar-refractivity contribution in [2.45, 2.75) is 13.3 Å². The summed E-state index contributed by atoms with van der Waals surface area (Å²) in [4.78, 5) is 22.5.